The van der Waals surface area contributed by atoms with Gasteiger partial charge < -0.3 is 13.9 Å². The third-order valence-electron chi connectivity index (χ3n) is 15.4. The Morgan fingerprint density at radius 2 is 0.827 bits per heavy atom. The van der Waals surface area contributed by atoms with Crippen LogP contribution in [-0.4, -0.2) is 4.57 Å². The Morgan fingerprint density at radius 1 is 0.280 bits per heavy atom. The minimum atomic E-state index is 0.886. The molecule has 350 valence electrons. The number of hydrogen-bond donors (Lipinski definition) is 0. The molecule has 0 N–H and O–H groups in total. The highest BCUT2D eigenvalue weighted by Crippen LogP contribution is 2.46. The Hall–Kier alpha value is -9.96. The van der Waals surface area contributed by atoms with Crippen molar-refractivity contribution in [1.82, 2.24) is 4.57 Å². The summed E-state index contributed by atoms with van der Waals surface area (Å²) in [5.41, 5.74) is 17.7. The summed E-state index contributed by atoms with van der Waals surface area (Å²) in [6.07, 6.45) is 0. The van der Waals surface area contributed by atoms with E-state index in [1.165, 1.54) is 59.9 Å². The van der Waals surface area contributed by atoms with Gasteiger partial charge in [-0.1, -0.05) is 194 Å². The lowest BCUT2D eigenvalue weighted by atomic mass is 9.91. The minimum absolute atomic E-state index is 0.886. The van der Waals surface area contributed by atoms with Crippen LogP contribution in [0.15, 0.2) is 283 Å². The lowest BCUT2D eigenvalue weighted by molar-refractivity contribution is 0.673. The van der Waals surface area contributed by atoms with E-state index in [1.54, 1.807) is 0 Å². The number of furan rings is 1. The summed E-state index contributed by atoms with van der Waals surface area (Å²) in [7, 11) is 0. The van der Waals surface area contributed by atoms with Crippen molar-refractivity contribution in [3.63, 3.8) is 0 Å². The van der Waals surface area contributed by atoms with E-state index < -0.39 is 0 Å². The first-order chi connectivity index (χ1) is 37.2. The molecule has 0 unspecified atom stereocenters. The van der Waals surface area contributed by atoms with Crippen molar-refractivity contribution < 1.29 is 4.42 Å². The normalized spacial score (nSPS) is 11.7. The molecule has 0 aliphatic carbocycles. The highest BCUT2D eigenvalue weighted by molar-refractivity contribution is 6.16. The van der Waals surface area contributed by atoms with Crippen molar-refractivity contribution in [2.45, 2.75) is 0 Å². The first kappa shape index (κ1) is 42.7. The molecule has 0 atom stereocenters. The molecule has 0 aliphatic heterocycles. The number of aromatic nitrogens is 1. The van der Waals surface area contributed by atoms with E-state index in [0.29, 0.717) is 0 Å². The van der Waals surface area contributed by atoms with Crippen LogP contribution in [0.2, 0.25) is 0 Å². The van der Waals surface area contributed by atoms with Gasteiger partial charge in [-0.3, -0.25) is 0 Å². The Bertz CT molecular complexity index is 4640. The Labute approximate surface area is 434 Å². The van der Waals surface area contributed by atoms with Crippen LogP contribution in [0.3, 0.4) is 0 Å². The molecular weight excluding hydrogens is 909 g/mol. The average Bonchev–Trinajstić information content (AvgIpc) is 4.06. The van der Waals surface area contributed by atoms with Gasteiger partial charge in [-0.05, 0) is 151 Å². The number of benzene rings is 13. The van der Waals surface area contributed by atoms with Gasteiger partial charge in [-0.2, -0.15) is 0 Å². The van der Waals surface area contributed by atoms with E-state index in [9.17, 15) is 0 Å². The van der Waals surface area contributed by atoms with E-state index in [-0.39, 0.29) is 0 Å². The van der Waals surface area contributed by atoms with Crippen LogP contribution < -0.4 is 4.90 Å². The monoisotopic (exact) mass is 954 g/mol. The summed E-state index contributed by atoms with van der Waals surface area (Å²) in [6.45, 7) is 0. The fourth-order valence-electron chi connectivity index (χ4n) is 11.8. The summed E-state index contributed by atoms with van der Waals surface area (Å²) < 4.78 is 9.03. The maximum Gasteiger partial charge on any atom is 0.143 e. The highest BCUT2D eigenvalue weighted by Gasteiger charge is 2.21. The van der Waals surface area contributed by atoms with Gasteiger partial charge in [0.25, 0.3) is 0 Å². The third-order valence-corrected chi connectivity index (χ3v) is 15.4. The van der Waals surface area contributed by atoms with Crippen molar-refractivity contribution in [3.05, 3.63) is 279 Å². The van der Waals surface area contributed by atoms with Crippen molar-refractivity contribution in [1.29, 1.82) is 0 Å². The molecule has 15 rings (SSSR count). The van der Waals surface area contributed by atoms with Crippen LogP contribution in [0.4, 0.5) is 17.1 Å². The van der Waals surface area contributed by atoms with Crippen LogP contribution in [0, 0.1) is 0 Å². The summed E-state index contributed by atoms with van der Waals surface area (Å²) in [5, 5.41) is 12.1. The first-order valence-corrected chi connectivity index (χ1v) is 25.7. The van der Waals surface area contributed by atoms with Gasteiger partial charge >= 0.3 is 0 Å². The smallest absolute Gasteiger partial charge is 0.143 e. The quantitative estimate of drug-likeness (QED) is 0.142. The molecule has 0 spiro atoms. The molecule has 0 radical (unpaired) electrons. The maximum atomic E-state index is 6.64. The number of nitrogens with zero attached hydrogens (tertiary/aromatic N) is 2. The van der Waals surface area contributed by atoms with Gasteiger partial charge in [0, 0.05) is 49.6 Å². The summed E-state index contributed by atoms with van der Waals surface area (Å²) >= 11 is 0. The maximum absolute atomic E-state index is 6.64. The van der Waals surface area contributed by atoms with Gasteiger partial charge in [0.2, 0.25) is 0 Å². The second kappa shape index (κ2) is 17.4. The molecule has 2 aromatic heterocycles. The molecule has 13 aromatic carbocycles. The van der Waals surface area contributed by atoms with Gasteiger partial charge in [0.05, 0.1) is 16.7 Å². The molecule has 75 heavy (non-hydrogen) atoms. The van der Waals surface area contributed by atoms with Crippen molar-refractivity contribution in [3.8, 4) is 50.2 Å². The Kier molecular flexibility index (Phi) is 9.89. The predicted octanol–water partition coefficient (Wildman–Crippen LogP) is 20.3. The van der Waals surface area contributed by atoms with Crippen molar-refractivity contribution in [2.24, 2.45) is 0 Å². The molecule has 0 fully saturated rings. The zero-order valence-electron chi connectivity index (χ0n) is 40.9. The minimum Gasteiger partial charge on any atom is -0.455 e. The third kappa shape index (κ3) is 7.12. The Balaban J connectivity index is 0.869. The number of rotatable bonds is 8. The van der Waals surface area contributed by atoms with Gasteiger partial charge in [-0.15, -0.1) is 0 Å². The lowest BCUT2D eigenvalue weighted by Gasteiger charge is -2.29. The summed E-state index contributed by atoms with van der Waals surface area (Å²) in [4.78, 5) is 2.42. The van der Waals surface area contributed by atoms with Crippen molar-refractivity contribution in [2.75, 3.05) is 4.90 Å². The number of para-hydroxylation sites is 2. The molecule has 15 aromatic rings. The lowest BCUT2D eigenvalue weighted by Crippen LogP contribution is -2.11. The molecule has 0 saturated heterocycles. The zero-order chi connectivity index (χ0) is 49.4. The molecule has 0 amide bonds. The van der Waals surface area contributed by atoms with Crippen LogP contribution in [0.25, 0.3) is 126 Å². The van der Waals surface area contributed by atoms with E-state index in [2.05, 4.69) is 289 Å². The highest BCUT2D eigenvalue weighted by atomic mass is 16.3. The molecule has 0 saturated carbocycles. The molecule has 0 bridgehead atoms. The summed E-state index contributed by atoms with van der Waals surface area (Å²) in [5.74, 6) is 0. The van der Waals surface area contributed by atoms with Gasteiger partial charge in [0.15, 0.2) is 0 Å². The topological polar surface area (TPSA) is 21.3 Å². The van der Waals surface area contributed by atoms with Crippen molar-refractivity contribution >= 4 is 93.1 Å². The van der Waals surface area contributed by atoms with Crippen LogP contribution in [-0.2, 0) is 0 Å². The first-order valence-electron chi connectivity index (χ1n) is 25.7. The van der Waals surface area contributed by atoms with E-state index in [0.717, 1.165) is 83.5 Å². The Morgan fingerprint density at radius 3 is 1.55 bits per heavy atom. The number of fused-ring (bicyclic) bond motifs is 11. The zero-order valence-corrected chi connectivity index (χ0v) is 40.9. The average molecular weight is 955 g/mol. The molecular formula is C72H46N2O. The van der Waals surface area contributed by atoms with E-state index in [1.807, 2.05) is 0 Å². The molecule has 3 heteroatoms. The second-order valence-corrected chi connectivity index (χ2v) is 19.6. The van der Waals surface area contributed by atoms with Gasteiger partial charge in [-0.25, -0.2) is 0 Å². The number of anilines is 3. The second-order valence-electron chi connectivity index (χ2n) is 19.6. The fourth-order valence-corrected chi connectivity index (χ4v) is 11.8. The van der Waals surface area contributed by atoms with Crippen LogP contribution in [0.1, 0.15) is 0 Å². The molecule has 2 heterocycles. The number of hydrogen-bond acceptors (Lipinski definition) is 2. The standard InChI is InChI=1S/C72H46N2O/c1-2-15-49(16-3-1)67-45-54(66-44-53-18-5-6-21-58(53)60-23-8-9-24-61(60)66)35-42-70(67)73(56-38-31-48(32-39-56)52-34-40-64-65-41-33-50-17-4-7-22-59(50)72(65)75-71(64)46-52)55-36-29-47(30-37-55)51-19-14-20-57(43-51)74-68-27-12-10-25-62(68)63-26-11-13-28-69(63)74/h1-46H. The molecule has 0 aliphatic rings. The fraction of sp³-hybridized carbons (Fsp3) is 0. The molecule has 3 nitrogen and oxygen atoms in total. The SMILES string of the molecule is c1ccc(-c2cc(-c3cc4ccccc4c4ccccc34)ccc2N(c2ccc(-c3cccc(-n4c5ccccc5c5ccccc54)c3)cc2)c2ccc(-c3ccc4c(c3)oc3c5ccccc5ccc43)cc2)cc1. The van der Waals surface area contributed by atoms with E-state index >= 15 is 0 Å². The predicted molar refractivity (Wildman–Crippen MR) is 317 cm³/mol. The van der Waals surface area contributed by atoms with E-state index in [4.69, 9.17) is 4.42 Å². The largest absolute Gasteiger partial charge is 0.455 e. The van der Waals surface area contributed by atoms with Gasteiger partial charge in [0.1, 0.15) is 11.2 Å². The van der Waals surface area contributed by atoms with Crippen LogP contribution in [0.5, 0.6) is 0 Å². The van der Waals surface area contributed by atoms with Crippen LogP contribution >= 0.6 is 0 Å². The summed E-state index contributed by atoms with van der Waals surface area (Å²) in [6, 6.07) is 102.